The molecule has 0 amide bonds. The van der Waals surface area contributed by atoms with E-state index >= 15 is 0 Å². The van der Waals surface area contributed by atoms with Crippen molar-refractivity contribution in [2.75, 3.05) is 19.8 Å². The van der Waals surface area contributed by atoms with Crippen LogP contribution in [0.2, 0.25) is 0 Å². The third-order valence-electron chi connectivity index (χ3n) is 1.22. The Morgan fingerprint density at radius 1 is 1.06 bits per heavy atom. The van der Waals surface area contributed by atoms with Crippen molar-refractivity contribution in [2.45, 2.75) is 40.7 Å². The van der Waals surface area contributed by atoms with Gasteiger partial charge in [-0.2, -0.15) is 0 Å². The topological polar surface area (TPSA) is 57.1 Å². The highest BCUT2D eigenvalue weighted by Gasteiger charge is 2.11. The smallest absolute Gasteiger partial charge is 0.376 e. The van der Waals surface area contributed by atoms with E-state index in [9.17, 15) is 4.79 Å². The van der Waals surface area contributed by atoms with Gasteiger partial charge in [0.15, 0.2) is 0 Å². The van der Waals surface area contributed by atoms with Crippen LogP contribution in [-0.4, -0.2) is 41.5 Å². The predicted octanol–water partition coefficient (Wildman–Crippen LogP) is 1.54. The highest BCUT2D eigenvalue weighted by molar-refractivity contribution is 6.36. The lowest BCUT2D eigenvalue weighted by Gasteiger charge is -2.12. The van der Waals surface area contributed by atoms with Crippen molar-refractivity contribution >= 4 is 15.6 Å². The SMILES string of the molecule is CC(C)N=C=O.CCO[SiH](OCC)OCC. The molecule has 0 aromatic heterocycles. The zero-order chi connectivity index (χ0) is 12.8. The van der Waals surface area contributed by atoms with Crippen molar-refractivity contribution in [1.82, 2.24) is 0 Å². The first-order chi connectivity index (χ1) is 7.62. The molecule has 0 aliphatic heterocycles. The maximum absolute atomic E-state index is 9.32. The zero-order valence-corrected chi connectivity index (χ0v) is 12.0. The minimum absolute atomic E-state index is 0.0995. The summed E-state index contributed by atoms with van der Waals surface area (Å²) in [5.74, 6) is 0. The summed E-state index contributed by atoms with van der Waals surface area (Å²) in [7, 11) is -1.73. The monoisotopic (exact) mass is 249 g/mol. The van der Waals surface area contributed by atoms with Gasteiger partial charge in [-0.05, 0) is 34.6 Å². The summed E-state index contributed by atoms with van der Waals surface area (Å²) in [5, 5.41) is 0. The fourth-order valence-electron chi connectivity index (χ4n) is 0.658. The average Bonchev–Trinajstić information content (AvgIpc) is 2.19. The van der Waals surface area contributed by atoms with Crippen LogP contribution in [-0.2, 0) is 18.1 Å². The van der Waals surface area contributed by atoms with Crippen LogP contribution in [0.25, 0.3) is 0 Å². The number of hydrogen-bond donors (Lipinski definition) is 0. The van der Waals surface area contributed by atoms with Gasteiger partial charge in [0.25, 0.3) is 0 Å². The van der Waals surface area contributed by atoms with Gasteiger partial charge in [-0.15, -0.1) is 0 Å². The summed E-state index contributed by atoms with van der Waals surface area (Å²) in [6.07, 6.45) is 1.44. The minimum atomic E-state index is -1.73. The molecule has 0 aliphatic rings. The average molecular weight is 249 g/mol. The molecule has 5 nitrogen and oxygen atoms in total. The molecule has 6 heteroatoms. The van der Waals surface area contributed by atoms with E-state index in [2.05, 4.69) is 4.99 Å². The van der Waals surface area contributed by atoms with Crippen LogP contribution in [0.15, 0.2) is 4.99 Å². The fourth-order valence-corrected chi connectivity index (χ4v) is 1.76. The molecule has 0 saturated heterocycles. The Morgan fingerprint density at radius 2 is 1.44 bits per heavy atom. The number of hydrogen-bond acceptors (Lipinski definition) is 5. The first kappa shape index (κ1) is 17.9. The fraction of sp³-hybridized carbons (Fsp3) is 0.900. The number of aliphatic imine (C=N–C) groups is 1. The summed E-state index contributed by atoms with van der Waals surface area (Å²) in [6, 6.07) is 0.0995. The van der Waals surface area contributed by atoms with Crippen molar-refractivity contribution in [2.24, 2.45) is 4.99 Å². The van der Waals surface area contributed by atoms with Gasteiger partial charge in [-0.3, -0.25) is 0 Å². The Kier molecular flexibility index (Phi) is 16.2. The Labute approximate surface area is 99.8 Å². The number of carbonyl (C=O) groups excluding carboxylic acids is 1. The van der Waals surface area contributed by atoms with Gasteiger partial charge in [0, 0.05) is 19.8 Å². The molecule has 0 aliphatic carbocycles. The van der Waals surface area contributed by atoms with Gasteiger partial charge in [-0.1, -0.05) is 0 Å². The Bertz CT molecular complexity index is 169. The molecule has 0 radical (unpaired) electrons. The lowest BCUT2D eigenvalue weighted by atomic mass is 10.4. The first-order valence-corrected chi connectivity index (χ1v) is 6.95. The van der Waals surface area contributed by atoms with Crippen molar-refractivity contribution < 1.29 is 18.1 Å². The molecular formula is C10H23NO4Si. The van der Waals surface area contributed by atoms with Gasteiger partial charge in [-0.25, -0.2) is 9.79 Å². The summed E-state index contributed by atoms with van der Waals surface area (Å²) in [5.41, 5.74) is 0. The summed E-state index contributed by atoms with van der Waals surface area (Å²) < 4.78 is 15.7. The van der Waals surface area contributed by atoms with E-state index in [1.165, 1.54) is 6.08 Å². The van der Waals surface area contributed by atoms with E-state index in [-0.39, 0.29) is 6.04 Å². The molecule has 0 aromatic rings. The zero-order valence-electron chi connectivity index (χ0n) is 10.9. The quantitative estimate of drug-likeness (QED) is 0.390. The van der Waals surface area contributed by atoms with E-state index in [1.807, 2.05) is 34.6 Å². The summed E-state index contributed by atoms with van der Waals surface area (Å²) in [6.45, 7) is 11.5. The lowest BCUT2D eigenvalue weighted by Crippen LogP contribution is -2.27. The van der Waals surface area contributed by atoms with Crippen LogP contribution in [0, 0.1) is 0 Å². The molecular weight excluding hydrogens is 226 g/mol. The number of isocyanates is 1. The van der Waals surface area contributed by atoms with Gasteiger partial charge in [0.1, 0.15) is 0 Å². The first-order valence-electron chi connectivity index (χ1n) is 5.54. The molecule has 0 saturated carbocycles. The van der Waals surface area contributed by atoms with Crippen LogP contribution in [0.1, 0.15) is 34.6 Å². The van der Waals surface area contributed by atoms with Crippen LogP contribution in [0.5, 0.6) is 0 Å². The molecule has 0 rings (SSSR count). The number of rotatable bonds is 7. The van der Waals surface area contributed by atoms with Crippen molar-refractivity contribution in [3.05, 3.63) is 0 Å². The largest absolute Gasteiger partial charge is 0.484 e. The van der Waals surface area contributed by atoms with E-state index in [1.54, 1.807) is 0 Å². The van der Waals surface area contributed by atoms with E-state index in [0.717, 1.165) is 0 Å². The molecule has 0 bridgehead atoms. The predicted molar refractivity (Wildman–Crippen MR) is 65.3 cm³/mol. The summed E-state index contributed by atoms with van der Waals surface area (Å²) >= 11 is 0. The van der Waals surface area contributed by atoms with E-state index < -0.39 is 9.53 Å². The molecule has 0 fully saturated rings. The highest BCUT2D eigenvalue weighted by atomic mass is 28.3. The van der Waals surface area contributed by atoms with Gasteiger partial charge >= 0.3 is 9.53 Å². The standard InChI is InChI=1S/C6H16O3Si.C4H7NO/c1-4-7-10(8-5-2)9-6-3;1-4(2)5-3-6/h10H,4-6H2,1-3H3;4H,1-2H3. The Balaban J connectivity index is 0. The maximum Gasteiger partial charge on any atom is 0.484 e. The van der Waals surface area contributed by atoms with Crippen LogP contribution < -0.4 is 0 Å². The van der Waals surface area contributed by atoms with Crippen molar-refractivity contribution in [1.29, 1.82) is 0 Å². The van der Waals surface area contributed by atoms with Crippen LogP contribution >= 0.6 is 0 Å². The Hall–Kier alpha value is -0.523. The van der Waals surface area contributed by atoms with Gasteiger partial charge in [0.05, 0.1) is 6.04 Å². The second-order valence-corrected chi connectivity index (χ2v) is 4.55. The minimum Gasteiger partial charge on any atom is -0.376 e. The molecule has 16 heavy (non-hydrogen) atoms. The van der Waals surface area contributed by atoms with Crippen LogP contribution in [0.3, 0.4) is 0 Å². The number of nitrogens with zero attached hydrogens (tertiary/aromatic N) is 1. The van der Waals surface area contributed by atoms with Crippen LogP contribution in [0.4, 0.5) is 0 Å². The third-order valence-corrected chi connectivity index (χ3v) is 3.04. The second-order valence-electron chi connectivity index (χ2n) is 2.97. The molecule has 0 spiro atoms. The lowest BCUT2D eigenvalue weighted by molar-refractivity contribution is 0.107. The van der Waals surface area contributed by atoms with E-state index in [4.69, 9.17) is 13.3 Å². The van der Waals surface area contributed by atoms with Gasteiger partial charge < -0.3 is 13.3 Å². The maximum atomic E-state index is 9.32. The van der Waals surface area contributed by atoms with Crippen molar-refractivity contribution in [3.8, 4) is 0 Å². The molecule has 0 heterocycles. The van der Waals surface area contributed by atoms with E-state index in [0.29, 0.717) is 19.8 Å². The molecule has 0 aromatic carbocycles. The molecule has 0 atom stereocenters. The van der Waals surface area contributed by atoms with Crippen molar-refractivity contribution in [3.63, 3.8) is 0 Å². The molecule has 0 N–H and O–H groups in total. The van der Waals surface area contributed by atoms with Gasteiger partial charge in [0.2, 0.25) is 6.08 Å². The molecule has 96 valence electrons. The Morgan fingerprint density at radius 3 is 1.56 bits per heavy atom. The second kappa shape index (κ2) is 14.5. The summed E-state index contributed by atoms with van der Waals surface area (Å²) in [4.78, 5) is 12.6. The molecule has 0 unspecified atom stereocenters. The highest BCUT2D eigenvalue weighted by Crippen LogP contribution is 1.91. The third kappa shape index (κ3) is 15.9. The normalized spacial score (nSPS) is 9.69.